The first-order chi connectivity index (χ1) is 34.8. The standard InChI is InChI=1S/C62H111NO8/c1-3-5-7-9-11-13-15-17-19-20-21-22-23-24-25-26-27-28-29-30-31-32-33-34-35-36-38-40-42-44-46-48-50-52-58(66)63-55(54-70-62-61(69)60(68)59(67)57(53-64)71-62)56(65)51-49-47-45-43-41-39-37-18-16-14-12-10-8-6-4-2/h5,7,11,13,17,19,21-22,41,43,49,51,55-57,59-62,64-65,67-69H,3-4,6,8-10,12,14-16,18,20,23-40,42,44-48,50,52-54H2,1-2H3,(H,63,66)/b7-5-,13-11-,19-17-,22-21-,43-41+,51-49+. The molecule has 0 spiro atoms. The summed E-state index contributed by atoms with van der Waals surface area (Å²) in [6.07, 6.45) is 64.1. The van der Waals surface area contributed by atoms with E-state index in [1.54, 1.807) is 6.08 Å². The van der Waals surface area contributed by atoms with Crippen molar-refractivity contribution in [3.05, 3.63) is 72.9 Å². The SMILES string of the molecule is CC/C=C\C/C=C\C/C=C\C/C=C\CCCCCCCCCCCCCCCCCCCCCCC(=O)NC(COC1OC(CO)C(O)C(O)C1O)C(O)/C=C/CC/C=C/CCCCCCCCCCC. The predicted octanol–water partition coefficient (Wildman–Crippen LogP) is 14.8. The summed E-state index contributed by atoms with van der Waals surface area (Å²) in [6, 6.07) is -0.822. The Morgan fingerprint density at radius 3 is 1.35 bits per heavy atom. The van der Waals surface area contributed by atoms with Crippen LogP contribution >= 0.6 is 0 Å². The molecule has 1 fully saturated rings. The van der Waals surface area contributed by atoms with Crippen LogP contribution in [0.4, 0.5) is 0 Å². The van der Waals surface area contributed by atoms with E-state index in [4.69, 9.17) is 9.47 Å². The number of unbranched alkanes of at least 4 members (excludes halogenated alkanes) is 30. The summed E-state index contributed by atoms with van der Waals surface area (Å²) >= 11 is 0. The zero-order valence-electron chi connectivity index (χ0n) is 45.7. The molecule has 9 nitrogen and oxygen atoms in total. The van der Waals surface area contributed by atoms with Crippen LogP contribution in [-0.2, 0) is 14.3 Å². The lowest BCUT2D eigenvalue weighted by atomic mass is 9.99. The van der Waals surface area contributed by atoms with Gasteiger partial charge in [0.05, 0.1) is 25.4 Å². The smallest absolute Gasteiger partial charge is 0.220 e. The molecule has 6 N–H and O–H groups in total. The summed E-state index contributed by atoms with van der Waals surface area (Å²) in [7, 11) is 0. The molecule has 1 saturated heterocycles. The average Bonchev–Trinajstić information content (AvgIpc) is 3.37. The van der Waals surface area contributed by atoms with Crippen LogP contribution in [-0.4, -0.2) is 87.5 Å². The van der Waals surface area contributed by atoms with Gasteiger partial charge in [0.2, 0.25) is 5.91 Å². The van der Waals surface area contributed by atoms with Crippen molar-refractivity contribution < 1.29 is 39.8 Å². The van der Waals surface area contributed by atoms with Gasteiger partial charge < -0.3 is 40.3 Å². The first-order valence-electron chi connectivity index (χ1n) is 29.7. The molecule has 1 aliphatic heterocycles. The molecule has 9 heteroatoms. The number of hydrogen-bond acceptors (Lipinski definition) is 8. The number of ether oxygens (including phenoxy) is 2. The van der Waals surface area contributed by atoms with Gasteiger partial charge in [-0.2, -0.15) is 0 Å². The Balaban J connectivity index is 2.14. The van der Waals surface area contributed by atoms with Crippen LogP contribution in [0.25, 0.3) is 0 Å². The van der Waals surface area contributed by atoms with Crippen molar-refractivity contribution in [2.75, 3.05) is 13.2 Å². The number of hydrogen-bond donors (Lipinski definition) is 6. The van der Waals surface area contributed by atoms with Crippen LogP contribution in [0, 0.1) is 0 Å². The topological polar surface area (TPSA) is 149 Å². The fraction of sp³-hybridized carbons (Fsp3) is 0.790. The van der Waals surface area contributed by atoms with Crippen molar-refractivity contribution in [1.29, 1.82) is 0 Å². The molecule has 0 bridgehead atoms. The fourth-order valence-corrected chi connectivity index (χ4v) is 9.11. The molecule has 0 aromatic carbocycles. The van der Waals surface area contributed by atoms with Gasteiger partial charge in [0.15, 0.2) is 6.29 Å². The van der Waals surface area contributed by atoms with Gasteiger partial charge in [-0.15, -0.1) is 0 Å². The minimum Gasteiger partial charge on any atom is -0.394 e. The van der Waals surface area contributed by atoms with Crippen molar-refractivity contribution >= 4 is 5.91 Å². The molecule has 71 heavy (non-hydrogen) atoms. The van der Waals surface area contributed by atoms with Crippen molar-refractivity contribution in [2.45, 2.75) is 301 Å². The summed E-state index contributed by atoms with van der Waals surface area (Å²) in [5.74, 6) is -0.185. The predicted molar refractivity (Wildman–Crippen MR) is 299 cm³/mol. The lowest BCUT2D eigenvalue weighted by molar-refractivity contribution is -0.302. The maximum atomic E-state index is 13.0. The summed E-state index contributed by atoms with van der Waals surface area (Å²) in [4.78, 5) is 13.0. The van der Waals surface area contributed by atoms with Crippen LogP contribution in [0.5, 0.6) is 0 Å². The van der Waals surface area contributed by atoms with Crippen molar-refractivity contribution in [1.82, 2.24) is 5.32 Å². The molecule has 0 saturated carbocycles. The average molecular weight is 999 g/mol. The molecule has 0 aliphatic carbocycles. The molecule has 0 aromatic rings. The lowest BCUT2D eigenvalue weighted by Crippen LogP contribution is -2.60. The molecule has 0 radical (unpaired) electrons. The van der Waals surface area contributed by atoms with Gasteiger partial charge in [-0.25, -0.2) is 0 Å². The summed E-state index contributed by atoms with van der Waals surface area (Å²) in [6.45, 7) is 3.66. The molecular formula is C62H111NO8. The van der Waals surface area contributed by atoms with E-state index in [0.29, 0.717) is 6.42 Å². The normalized spacial score (nSPS) is 19.8. The number of aliphatic hydroxyl groups is 5. The number of rotatable bonds is 50. The number of allylic oxidation sites excluding steroid dienone is 11. The van der Waals surface area contributed by atoms with E-state index in [1.165, 1.54) is 173 Å². The third-order valence-electron chi connectivity index (χ3n) is 13.8. The second kappa shape index (κ2) is 51.1. The molecule has 1 amide bonds. The van der Waals surface area contributed by atoms with Crippen molar-refractivity contribution in [2.24, 2.45) is 0 Å². The quantitative estimate of drug-likeness (QED) is 0.0261. The molecule has 7 unspecified atom stereocenters. The molecule has 1 aliphatic rings. The number of nitrogens with one attached hydrogen (secondary N) is 1. The zero-order chi connectivity index (χ0) is 51.5. The van der Waals surface area contributed by atoms with E-state index in [2.05, 4.69) is 79.9 Å². The van der Waals surface area contributed by atoms with E-state index in [1.807, 2.05) is 6.08 Å². The van der Waals surface area contributed by atoms with Crippen molar-refractivity contribution in [3.63, 3.8) is 0 Å². The highest BCUT2D eigenvalue weighted by Crippen LogP contribution is 2.23. The third kappa shape index (κ3) is 40.7. The van der Waals surface area contributed by atoms with Gasteiger partial charge in [-0.05, 0) is 70.6 Å². The monoisotopic (exact) mass is 998 g/mol. The Hall–Kier alpha value is -2.37. The Morgan fingerprint density at radius 2 is 0.887 bits per heavy atom. The number of carbonyl (C=O) groups excluding carboxylic acids is 1. The zero-order valence-corrected chi connectivity index (χ0v) is 45.7. The first-order valence-corrected chi connectivity index (χ1v) is 29.7. The van der Waals surface area contributed by atoms with E-state index < -0.39 is 49.5 Å². The highest BCUT2D eigenvalue weighted by molar-refractivity contribution is 5.76. The largest absolute Gasteiger partial charge is 0.394 e. The van der Waals surface area contributed by atoms with Crippen LogP contribution in [0.15, 0.2) is 72.9 Å². The second-order valence-corrected chi connectivity index (χ2v) is 20.4. The second-order valence-electron chi connectivity index (χ2n) is 20.4. The molecule has 0 aromatic heterocycles. The Kier molecular flexibility index (Phi) is 48.0. The highest BCUT2D eigenvalue weighted by atomic mass is 16.7. The molecule has 1 rings (SSSR count). The van der Waals surface area contributed by atoms with Crippen LogP contribution in [0.2, 0.25) is 0 Å². The van der Waals surface area contributed by atoms with Gasteiger partial charge >= 0.3 is 0 Å². The minimum atomic E-state index is -1.57. The van der Waals surface area contributed by atoms with Crippen LogP contribution in [0.3, 0.4) is 0 Å². The maximum Gasteiger partial charge on any atom is 0.220 e. The molecule has 7 atom stereocenters. The van der Waals surface area contributed by atoms with E-state index in [9.17, 15) is 30.3 Å². The van der Waals surface area contributed by atoms with Crippen molar-refractivity contribution in [3.8, 4) is 0 Å². The molecule has 1 heterocycles. The van der Waals surface area contributed by atoms with Gasteiger partial charge in [0, 0.05) is 6.42 Å². The van der Waals surface area contributed by atoms with Gasteiger partial charge in [0.1, 0.15) is 24.4 Å². The van der Waals surface area contributed by atoms with Gasteiger partial charge in [-0.1, -0.05) is 254 Å². The highest BCUT2D eigenvalue weighted by Gasteiger charge is 2.44. The minimum absolute atomic E-state index is 0.185. The Bertz CT molecular complexity index is 1340. The summed E-state index contributed by atoms with van der Waals surface area (Å²) < 4.78 is 11.2. The molecule has 412 valence electrons. The number of carbonyl (C=O) groups is 1. The summed E-state index contributed by atoms with van der Waals surface area (Å²) in [5.41, 5.74) is 0. The molecular weight excluding hydrogens is 887 g/mol. The van der Waals surface area contributed by atoms with E-state index in [-0.39, 0.29) is 12.5 Å². The first kappa shape index (κ1) is 66.6. The van der Waals surface area contributed by atoms with Crippen LogP contribution < -0.4 is 5.32 Å². The Morgan fingerprint density at radius 1 is 0.493 bits per heavy atom. The van der Waals surface area contributed by atoms with E-state index >= 15 is 0 Å². The van der Waals surface area contributed by atoms with Gasteiger partial charge in [-0.3, -0.25) is 4.79 Å². The summed E-state index contributed by atoms with van der Waals surface area (Å²) in [5, 5.41) is 54.4. The van der Waals surface area contributed by atoms with Gasteiger partial charge in [0.25, 0.3) is 0 Å². The fourth-order valence-electron chi connectivity index (χ4n) is 9.11. The lowest BCUT2D eigenvalue weighted by Gasteiger charge is -2.40. The third-order valence-corrected chi connectivity index (χ3v) is 13.8. The Labute approximate surface area is 436 Å². The maximum absolute atomic E-state index is 13.0. The number of aliphatic hydroxyl groups excluding tert-OH is 5. The van der Waals surface area contributed by atoms with Crippen LogP contribution in [0.1, 0.15) is 258 Å². The van der Waals surface area contributed by atoms with E-state index in [0.717, 1.165) is 64.2 Å². The number of amides is 1.